The normalized spacial score (nSPS) is 27.1. The van der Waals surface area contributed by atoms with Gasteiger partial charge >= 0.3 is 0 Å². The molecule has 3 fully saturated rings. The number of ether oxygens (including phenoxy) is 1. The van der Waals surface area contributed by atoms with E-state index in [1.54, 1.807) is 7.11 Å². The van der Waals surface area contributed by atoms with Gasteiger partial charge in [-0.25, -0.2) is 0 Å². The van der Waals surface area contributed by atoms with Crippen molar-refractivity contribution in [3.63, 3.8) is 0 Å². The van der Waals surface area contributed by atoms with Gasteiger partial charge in [0.25, 0.3) is 0 Å². The summed E-state index contributed by atoms with van der Waals surface area (Å²) in [5.74, 6) is 1.85. The number of piperidine rings is 3. The lowest BCUT2D eigenvalue weighted by molar-refractivity contribution is -0.106. The average Bonchev–Trinajstić information content (AvgIpc) is 2.73. The van der Waals surface area contributed by atoms with Gasteiger partial charge in [0.2, 0.25) is 0 Å². The van der Waals surface area contributed by atoms with E-state index < -0.39 is 5.60 Å². The Bertz CT molecular complexity index is 724. The number of hydrogen-bond donors (Lipinski definition) is 1. The summed E-state index contributed by atoms with van der Waals surface area (Å²) in [6.07, 6.45) is 3.98. The van der Waals surface area contributed by atoms with Crippen LogP contribution in [0.5, 0.6) is 5.75 Å². The lowest BCUT2D eigenvalue weighted by atomic mass is 9.66. The molecule has 138 valence electrons. The van der Waals surface area contributed by atoms with E-state index in [2.05, 4.69) is 23.1 Å². The number of aryl methyl sites for hydroxylation is 1. The largest absolute Gasteiger partial charge is 0.496 e. The predicted molar refractivity (Wildman–Crippen MR) is 104 cm³/mol. The van der Waals surface area contributed by atoms with Crippen molar-refractivity contribution in [1.82, 2.24) is 4.90 Å². The molecular weight excluding hydrogens is 322 g/mol. The molecule has 3 aliphatic rings. The van der Waals surface area contributed by atoms with E-state index in [4.69, 9.17) is 4.74 Å². The molecule has 3 heteroatoms. The summed E-state index contributed by atoms with van der Waals surface area (Å²) in [7, 11) is 1.72. The minimum Gasteiger partial charge on any atom is -0.496 e. The number of nitrogens with zero attached hydrogens (tertiary/aromatic N) is 1. The second-order valence-corrected chi connectivity index (χ2v) is 7.85. The van der Waals surface area contributed by atoms with Crippen LogP contribution in [-0.4, -0.2) is 36.8 Å². The molecule has 2 aromatic carbocycles. The van der Waals surface area contributed by atoms with Crippen molar-refractivity contribution in [2.45, 2.75) is 31.3 Å². The van der Waals surface area contributed by atoms with E-state index in [1.807, 2.05) is 36.4 Å². The lowest BCUT2D eigenvalue weighted by Crippen LogP contribution is -2.55. The van der Waals surface area contributed by atoms with Gasteiger partial charge in [0, 0.05) is 12.5 Å². The Hall–Kier alpha value is -1.84. The zero-order valence-electron chi connectivity index (χ0n) is 15.6. The van der Waals surface area contributed by atoms with Crippen LogP contribution in [0.15, 0.2) is 54.6 Å². The molecule has 0 aliphatic carbocycles. The molecule has 0 spiro atoms. The van der Waals surface area contributed by atoms with Crippen molar-refractivity contribution in [2.24, 2.45) is 11.8 Å². The third-order valence-electron chi connectivity index (χ3n) is 6.51. The van der Waals surface area contributed by atoms with Crippen LogP contribution in [0.1, 0.15) is 30.4 Å². The molecule has 26 heavy (non-hydrogen) atoms. The topological polar surface area (TPSA) is 32.7 Å². The van der Waals surface area contributed by atoms with Crippen LogP contribution in [-0.2, 0) is 12.0 Å². The number of para-hydroxylation sites is 1. The number of hydrogen-bond acceptors (Lipinski definition) is 3. The Morgan fingerprint density at radius 1 is 1.04 bits per heavy atom. The van der Waals surface area contributed by atoms with Crippen LogP contribution < -0.4 is 4.74 Å². The summed E-state index contributed by atoms with van der Waals surface area (Å²) >= 11 is 0. The molecule has 0 aromatic heterocycles. The first-order valence-corrected chi connectivity index (χ1v) is 9.83. The van der Waals surface area contributed by atoms with Gasteiger partial charge in [-0.15, -0.1) is 0 Å². The zero-order chi connectivity index (χ0) is 18.0. The molecule has 0 amide bonds. The highest BCUT2D eigenvalue weighted by Crippen LogP contribution is 2.45. The van der Waals surface area contributed by atoms with Crippen LogP contribution in [0.25, 0.3) is 0 Å². The van der Waals surface area contributed by atoms with Crippen LogP contribution in [0.2, 0.25) is 0 Å². The molecule has 1 N–H and O–H groups in total. The first-order chi connectivity index (χ1) is 12.7. The summed E-state index contributed by atoms with van der Waals surface area (Å²) in [6.45, 7) is 3.40. The Morgan fingerprint density at radius 2 is 1.73 bits per heavy atom. The molecule has 5 rings (SSSR count). The molecule has 3 aliphatic heterocycles. The van der Waals surface area contributed by atoms with Crippen molar-refractivity contribution in [3.05, 3.63) is 65.7 Å². The van der Waals surface area contributed by atoms with Gasteiger partial charge < -0.3 is 14.7 Å². The van der Waals surface area contributed by atoms with Gasteiger partial charge in [-0.3, -0.25) is 0 Å². The number of rotatable bonds is 6. The van der Waals surface area contributed by atoms with E-state index in [0.29, 0.717) is 11.8 Å². The molecule has 2 unspecified atom stereocenters. The van der Waals surface area contributed by atoms with Crippen molar-refractivity contribution < 1.29 is 9.84 Å². The minimum atomic E-state index is -0.786. The quantitative estimate of drug-likeness (QED) is 0.858. The number of fused-ring (bicyclic) bond motifs is 3. The fourth-order valence-corrected chi connectivity index (χ4v) is 5.01. The van der Waals surface area contributed by atoms with E-state index in [1.165, 1.54) is 31.5 Å². The van der Waals surface area contributed by atoms with E-state index in [9.17, 15) is 5.11 Å². The fraction of sp³-hybridized carbons (Fsp3) is 0.478. The third-order valence-corrected chi connectivity index (χ3v) is 6.51. The van der Waals surface area contributed by atoms with Gasteiger partial charge in [0.05, 0.1) is 12.7 Å². The second kappa shape index (κ2) is 7.42. The second-order valence-electron chi connectivity index (χ2n) is 7.85. The number of aliphatic hydroxyl groups is 1. The zero-order valence-corrected chi connectivity index (χ0v) is 15.6. The van der Waals surface area contributed by atoms with Gasteiger partial charge in [-0.2, -0.15) is 0 Å². The Labute approximate surface area is 156 Å². The first kappa shape index (κ1) is 17.6. The highest BCUT2D eigenvalue weighted by molar-refractivity contribution is 5.34. The smallest absolute Gasteiger partial charge is 0.122 e. The van der Waals surface area contributed by atoms with Crippen LogP contribution in [0.3, 0.4) is 0 Å². The van der Waals surface area contributed by atoms with E-state index >= 15 is 0 Å². The van der Waals surface area contributed by atoms with Crippen LogP contribution in [0, 0.1) is 11.8 Å². The van der Waals surface area contributed by atoms with Crippen molar-refractivity contribution in [2.75, 3.05) is 26.7 Å². The lowest BCUT2D eigenvalue weighted by Gasteiger charge is -2.51. The maximum atomic E-state index is 12.0. The summed E-state index contributed by atoms with van der Waals surface area (Å²) in [6, 6.07) is 18.5. The number of methoxy groups -OCH3 is 1. The molecule has 0 saturated carbocycles. The summed E-state index contributed by atoms with van der Waals surface area (Å²) in [4.78, 5) is 2.53. The van der Waals surface area contributed by atoms with Crippen LogP contribution in [0.4, 0.5) is 0 Å². The highest BCUT2D eigenvalue weighted by atomic mass is 16.5. The monoisotopic (exact) mass is 351 g/mol. The van der Waals surface area contributed by atoms with Crippen molar-refractivity contribution >= 4 is 0 Å². The van der Waals surface area contributed by atoms with Gasteiger partial charge in [0.1, 0.15) is 5.75 Å². The van der Waals surface area contributed by atoms with Crippen LogP contribution >= 0.6 is 0 Å². The van der Waals surface area contributed by atoms with Crippen molar-refractivity contribution in [3.8, 4) is 5.75 Å². The highest BCUT2D eigenvalue weighted by Gasteiger charge is 2.47. The molecular formula is C23H29NO2. The summed E-state index contributed by atoms with van der Waals surface area (Å²) in [5, 5.41) is 12.0. The molecule has 3 heterocycles. The van der Waals surface area contributed by atoms with Crippen molar-refractivity contribution in [1.29, 1.82) is 0 Å². The van der Waals surface area contributed by atoms with Gasteiger partial charge in [-0.05, 0) is 61.9 Å². The maximum absolute atomic E-state index is 12.0. The maximum Gasteiger partial charge on any atom is 0.122 e. The molecule has 3 saturated heterocycles. The third kappa shape index (κ3) is 3.26. The van der Waals surface area contributed by atoms with E-state index in [-0.39, 0.29) is 0 Å². The minimum absolute atomic E-state index is 0.308. The predicted octanol–water partition coefficient (Wildman–Crippen LogP) is 3.86. The number of benzene rings is 2. The molecule has 2 atom stereocenters. The van der Waals surface area contributed by atoms with Gasteiger partial charge in [-0.1, -0.05) is 48.5 Å². The Kier molecular flexibility index (Phi) is 5.01. The Balaban J connectivity index is 1.63. The SMILES string of the molecule is COc1ccccc1CCC(O)(c1ccccc1)C1CN2CCC1CC2. The fourth-order valence-electron chi connectivity index (χ4n) is 5.01. The molecule has 2 aromatic rings. The van der Waals surface area contributed by atoms with E-state index in [0.717, 1.165) is 30.7 Å². The Morgan fingerprint density at radius 3 is 2.38 bits per heavy atom. The summed E-state index contributed by atoms with van der Waals surface area (Å²) < 4.78 is 5.52. The molecule has 2 bridgehead atoms. The average molecular weight is 351 g/mol. The standard InChI is InChI=1S/C23H29NO2/c1-26-22-10-6-5-7-19(22)11-14-23(25,20-8-3-2-4-9-20)21-17-24-15-12-18(21)13-16-24/h2-10,18,21,25H,11-17H2,1H3. The molecule has 3 nitrogen and oxygen atoms in total. The van der Waals surface area contributed by atoms with Gasteiger partial charge in [0.15, 0.2) is 0 Å². The first-order valence-electron chi connectivity index (χ1n) is 9.83. The molecule has 0 radical (unpaired) electrons. The summed E-state index contributed by atoms with van der Waals surface area (Å²) in [5.41, 5.74) is 1.45.